The highest BCUT2D eigenvalue weighted by Gasteiger charge is 2.25. The van der Waals surface area contributed by atoms with E-state index < -0.39 is 12.2 Å². The van der Waals surface area contributed by atoms with E-state index in [9.17, 15) is 14.4 Å². The van der Waals surface area contributed by atoms with Gasteiger partial charge in [-0.3, -0.25) is 4.79 Å². The Morgan fingerprint density at radius 3 is 2.82 bits per heavy atom. The predicted octanol–water partition coefficient (Wildman–Crippen LogP) is 2.38. The van der Waals surface area contributed by atoms with Crippen molar-refractivity contribution in [3.63, 3.8) is 0 Å². The van der Waals surface area contributed by atoms with Crippen LogP contribution >= 0.6 is 0 Å². The van der Waals surface area contributed by atoms with Crippen LogP contribution in [0.1, 0.15) is 18.9 Å². The van der Waals surface area contributed by atoms with Crippen molar-refractivity contribution < 1.29 is 9.18 Å². The van der Waals surface area contributed by atoms with Crippen LogP contribution in [-0.4, -0.2) is 51.1 Å². The lowest BCUT2D eigenvalue weighted by molar-refractivity contribution is -0.117. The number of hydrogen-bond donors (Lipinski definition) is 3. The van der Waals surface area contributed by atoms with Crippen molar-refractivity contribution in [3.8, 4) is 17.3 Å². The van der Waals surface area contributed by atoms with E-state index in [1.807, 2.05) is 0 Å². The summed E-state index contributed by atoms with van der Waals surface area (Å²) in [4.78, 5) is 30.7. The van der Waals surface area contributed by atoms with Crippen molar-refractivity contribution in [2.75, 3.05) is 28.6 Å². The summed E-state index contributed by atoms with van der Waals surface area (Å²) in [6.07, 6.45) is 4.27. The van der Waals surface area contributed by atoms with Crippen molar-refractivity contribution in [1.29, 1.82) is 5.26 Å². The number of carbonyl (C=O) groups excluding carboxylic acids is 1. The van der Waals surface area contributed by atoms with Crippen LogP contribution in [0.2, 0.25) is 0 Å². The van der Waals surface area contributed by atoms with E-state index in [0.29, 0.717) is 53.1 Å². The van der Waals surface area contributed by atoms with Crippen LogP contribution in [0.15, 0.2) is 42.9 Å². The van der Waals surface area contributed by atoms with Crippen molar-refractivity contribution in [1.82, 2.24) is 19.9 Å². The molecule has 4 N–H and O–H groups in total. The fourth-order valence-corrected chi connectivity index (χ4v) is 3.33. The van der Waals surface area contributed by atoms with Gasteiger partial charge in [-0.1, -0.05) is 0 Å². The van der Waals surface area contributed by atoms with Crippen molar-refractivity contribution >= 4 is 29.2 Å². The lowest BCUT2D eigenvalue weighted by Gasteiger charge is -2.18. The third-order valence-electron chi connectivity index (χ3n) is 5.05. The van der Waals surface area contributed by atoms with Gasteiger partial charge >= 0.3 is 0 Å². The maximum atomic E-state index is 13.6. The van der Waals surface area contributed by atoms with Gasteiger partial charge in [0.2, 0.25) is 11.9 Å². The van der Waals surface area contributed by atoms with Crippen molar-refractivity contribution in [2.24, 2.45) is 5.73 Å². The Morgan fingerprint density at radius 1 is 1.30 bits per heavy atom. The Kier molecular flexibility index (Phi) is 6.37. The maximum absolute atomic E-state index is 13.6. The molecule has 11 heteroatoms. The van der Waals surface area contributed by atoms with Gasteiger partial charge in [-0.05, 0) is 37.6 Å². The topological polar surface area (TPSA) is 146 Å². The van der Waals surface area contributed by atoms with Gasteiger partial charge in [0.05, 0.1) is 35.7 Å². The number of pyridine rings is 2. The molecule has 33 heavy (non-hydrogen) atoms. The number of rotatable bonds is 6. The molecule has 0 spiro atoms. The highest BCUT2D eigenvalue weighted by atomic mass is 19.1. The monoisotopic (exact) mass is 447 g/mol. The van der Waals surface area contributed by atoms with Crippen LogP contribution in [0.5, 0.6) is 0 Å². The molecule has 0 bridgehead atoms. The quantitative estimate of drug-likeness (QED) is 0.518. The van der Waals surface area contributed by atoms with Crippen molar-refractivity contribution in [3.05, 3.63) is 48.4 Å². The van der Waals surface area contributed by atoms with Gasteiger partial charge in [-0.15, -0.1) is 0 Å². The molecule has 1 aliphatic heterocycles. The molecule has 0 aliphatic carbocycles. The summed E-state index contributed by atoms with van der Waals surface area (Å²) in [7, 11) is 0. The molecule has 1 fully saturated rings. The fraction of sp³-hybridized carbons (Fsp3) is 0.273. The molecule has 4 heterocycles. The zero-order valence-corrected chi connectivity index (χ0v) is 17.9. The van der Waals surface area contributed by atoms with Crippen molar-refractivity contribution in [2.45, 2.75) is 25.6 Å². The third kappa shape index (κ3) is 5.19. The standard InChI is InChI=1S/C22H22FN9O/c1-13(25)21(33)31-19-3-2-17(11-27-19)29-22-26-6-4-18(30-22)15-8-14(9-24)20(28-10-15)32-7-5-16(23)12-32/h2-4,6,8,10-11,13,16H,5,7,12,25H2,1H3,(H,26,29,30)(H,27,31,33). The SMILES string of the molecule is CC(N)C(=O)Nc1ccc(Nc2nccc(-c3cnc(N4CCC(F)C4)c(C#N)c3)n2)cn1. The minimum atomic E-state index is -0.905. The van der Waals surface area contributed by atoms with Crippen LogP contribution in [0, 0.1) is 11.3 Å². The van der Waals surface area contributed by atoms with Crippen LogP contribution in [0.3, 0.4) is 0 Å². The van der Waals surface area contributed by atoms with Crippen LogP contribution in [0.4, 0.5) is 27.7 Å². The molecule has 0 aromatic carbocycles. The third-order valence-corrected chi connectivity index (χ3v) is 5.05. The maximum Gasteiger partial charge on any atom is 0.242 e. The highest BCUT2D eigenvalue weighted by Crippen LogP contribution is 2.27. The summed E-state index contributed by atoms with van der Waals surface area (Å²) < 4.78 is 13.6. The van der Waals surface area contributed by atoms with Crippen LogP contribution < -0.4 is 21.3 Å². The lowest BCUT2D eigenvalue weighted by Crippen LogP contribution is -2.32. The second kappa shape index (κ2) is 9.54. The number of carbonyl (C=O) groups is 1. The predicted molar refractivity (Wildman–Crippen MR) is 122 cm³/mol. The number of amides is 1. The fourth-order valence-electron chi connectivity index (χ4n) is 3.33. The van der Waals surface area contributed by atoms with E-state index in [4.69, 9.17) is 5.73 Å². The molecule has 2 unspecified atom stereocenters. The van der Waals surface area contributed by atoms with Gasteiger partial charge in [-0.2, -0.15) is 5.26 Å². The number of halogens is 1. The minimum Gasteiger partial charge on any atom is -0.352 e. The molecule has 168 valence electrons. The molecule has 1 aliphatic rings. The number of alkyl halides is 1. The minimum absolute atomic E-state index is 0.240. The first-order valence-electron chi connectivity index (χ1n) is 10.3. The number of anilines is 4. The normalized spacial score (nSPS) is 16.2. The van der Waals surface area contributed by atoms with Gasteiger partial charge < -0.3 is 21.3 Å². The summed E-state index contributed by atoms with van der Waals surface area (Å²) in [6, 6.07) is 8.26. The molecule has 10 nitrogen and oxygen atoms in total. The molecule has 0 saturated carbocycles. The summed E-state index contributed by atoms with van der Waals surface area (Å²) >= 11 is 0. The number of nitrogens with two attached hydrogens (primary N) is 1. The van der Waals surface area contributed by atoms with E-state index in [1.165, 1.54) is 6.20 Å². The van der Waals surface area contributed by atoms with Crippen LogP contribution in [0.25, 0.3) is 11.3 Å². The summed E-state index contributed by atoms with van der Waals surface area (Å²) in [6.45, 7) is 2.36. The summed E-state index contributed by atoms with van der Waals surface area (Å²) in [5.41, 5.74) is 7.73. The largest absolute Gasteiger partial charge is 0.352 e. The average Bonchev–Trinajstić information content (AvgIpc) is 3.26. The molecule has 4 rings (SSSR count). The van der Waals surface area contributed by atoms with E-state index in [1.54, 1.807) is 48.5 Å². The van der Waals surface area contributed by atoms with Gasteiger partial charge in [0.15, 0.2) is 0 Å². The smallest absolute Gasteiger partial charge is 0.242 e. The van der Waals surface area contributed by atoms with E-state index in [2.05, 4.69) is 36.6 Å². The van der Waals surface area contributed by atoms with Gasteiger partial charge in [-0.25, -0.2) is 24.3 Å². The zero-order chi connectivity index (χ0) is 23.4. The molecule has 2 atom stereocenters. The molecule has 0 radical (unpaired) electrons. The van der Waals surface area contributed by atoms with E-state index >= 15 is 0 Å². The lowest BCUT2D eigenvalue weighted by atomic mass is 10.1. The Morgan fingerprint density at radius 2 is 2.15 bits per heavy atom. The van der Waals surface area contributed by atoms with E-state index in [-0.39, 0.29) is 12.5 Å². The Labute approximate surface area is 189 Å². The van der Waals surface area contributed by atoms with Crippen LogP contribution in [-0.2, 0) is 4.79 Å². The molecule has 3 aromatic rings. The van der Waals surface area contributed by atoms with Gasteiger partial charge in [0.25, 0.3) is 0 Å². The van der Waals surface area contributed by atoms with Gasteiger partial charge in [0.1, 0.15) is 23.9 Å². The van der Waals surface area contributed by atoms with Gasteiger partial charge in [0, 0.05) is 24.5 Å². The Hall–Kier alpha value is -4.17. The molecular weight excluding hydrogens is 425 g/mol. The second-order valence-electron chi connectivity index (χ2n) is 7.64. The zero-order valence-electron chi connectivity index (χ0n) is 17.9. The van der Waals surface area contributed by atoms with E-state index in [0.717, 1.165) is 0 Å². The Balaban J connectivity index is 1.50. The molecule has 1 amide bonds. The number of nitriles is 1. The molecule has 3 aromatic heterocycles. The first kappa shape index (κ1) is 22.0. The molecular formula is C22H22FN9O. The summed E-state index contributed by atoms with van der Waals surface area (Å²) in [5.74, 6) is 0.856. The summed E-state index contributed by atoms with van der Waals surface area (Å²) in [5, 5.41) is 15.2. The Bertz CT molecular complexity index is 1190. The number of nitrogens with one attached hydrogen (secondary N) is 2. The average molecular weight is 447 g/mol. The highest BCUT2D eigenvalue weighted by molar-refractivity contribution is 5.93. The number of nitrogens with zero attached hydrogens (tertiary/aromatic N) is 6. The molecule has 1 saturated heterocycles. The second-order valence-corrected chi connectivity index (χ2v) is 7.64. The number of aromatic nitrogens is 4. The first-order valence-corrected chi connectivity index (χ1v) is 10.3. The first-order chi connectivity index (χ1) is 15.9. The number of hydrogen-bond acceptors (Lipinski definition) is 9.